The van der Waals surface area contributed by atoms with Crippen molar-refractivity contribution in [2.24, 2.45) is 0 Å². The van der Waals surface area contributed by atoms with E-state index in [2.05, 4.69) is 10.6 Å². The van der Waals surface area contributed by atoms with E-state index in [4.69, 9.17) is 9.47 Å². The molecule has 4 rings (SSSR count). The lowest BCUT2D eigenvalue weighted by Crippen LogP contribution is -2.30. The lowest BCUT2D eigenvalue weighted by molar-refractivity contribution is -0.114. The molecule has 4 aromatic rings. The average molecular weight is 510 g/mol. The third-order valence-electron chi connectivity index (χ3n) is 5.71. The molecule has 0 bridgehead atoms. The van der Waals surface area contributed by atoms with E-state index in [0.717, 1.165) is 11.4 Å². The summed E-state index contributed by atoms with van der Waals surface area (Å²) in [5.41, 5.74) is 2.63. The van der Waals surface area contributed by atoms with E-state index in [1.165, 1.54) is 0 Å². The lowest BCUT2D eigenvalue weighted by Gasteiger charge is -2.21. The molecule has 0 unspecified atom stereocenters. The summed E-state index contributed by atoms with van der Waals surface area (Å²) < 4.78 is 11.5. The van der Waals surface area contributed by atoms with Crippen molar-refractivity contribution in [1.29, 1.82) is 0 Å². The van der Waals surface area contributed by atoms with Crippen LogP contribution in [0, 0.1) is 0 Å². The van der Waals surface area contributed by atoms with Gasteiger partial charge >= 0.3 is 0 Å². The molecule has 38 heavy (non-hydrogen) atoms. The molecule has 0 atom stereocenters. The molecular weight excluding hydrogens is 478 g/mol. The van der Waals surface area contributed by atoms with Gasteiger partial charge < -0.3 is 25.0 Å². The molecule has 194 valence electrons. The third-order valence-corrected chi connectivity index (χ3v) is 5.71. The molecule has 0 saturated carbocycles. The van der Waals surface area contributed by atoms with Gasteiger partial charge in [-0.05, 0) is 61.5 Å². The molecule has 0 aliphatic rings. The minimum atomic E-state index is -0.238. The summed E-state index contributed by atoms with van der Waals surface area (Å²) in [5, 5.41) is 5.99. The van der Waals surface area contributed by atoms with E-state index in [0.29, 0.717) is 42.4 Å². The van der Waals surface area contributed by atoms with E-state index in [-0.39, 0.29) is 18.4 Å². The molecule has 0 aliphatic heterocycles. The molecule has 7 nitrogen and oxygen atoms in total. The fourth-order valence-corrected chi connectivity index (χ4v) is 3.87. The van der Waals surface area contributed by atoms with E-state index in [9.17, 15) is 9.59 Å². The van der Waals surface area contributed by atoms with Crippen LogP contribution in [0.5, 0.6) is 11.5 Å². The number of hydrogen-bond acceptors (Lipinski definition) is 5. The standard InChI is InChI=1S/C31H31N3O4/c1-2-34(26-14-5-3-6-15-26)31(36)24-12-11-13-25(22-24)32-23-30(35)33-28-18-9-10-19-29(28)38-21-20-37-27-16-7-4-8-17-27/h3-19,22,32H,2,20-21,23H2,1H3,(H,33,35). The Morgan fingerprint density at radius 1 is 0.763 bits per heavy atom. The fraction of sp³-hybridized carbons (Fsp3) is 0.161. The maximum Gasteiger partial charge on any atom is 0.258 e. The van der Waals surface area contributed by atoms with Gasteiger partial charge in [-0.25, -0.2) is 0 Å². The molecule has 2 N–H and O–H groups in total. The Bertz CT molecular complexity index is 1330. The van der Waals surface area contributed by atoms with Crippen LogP contribution in [0.1, 0.15) is 17.3 Å². The molecule has 7 heteroatoms. The minimum absolute atomic E-state index is 0.0271. The number of carbonyl (C=O) groups is 2. The lowest BCUT2D eigenvalue weighted by atomic mass is 10.1. The van der Waals surface area contributed by atoms with Crippen LogP contribution in [0.3, 0.4) is 0 Å². The molecule has 0 aliphatic carbocycles. The van der Waals surface area contributed by atoms with Crippen molar-refractivity contribution in [2.45, 2.75) is 6.92 Å². The van der Waals surface area contributed by atoms with Crippen LogP contribution in [-0.2, 0) is 4.79 Å². The van der Waals surface area contributed by atoms with Gasteiger partial charge in [0, 0.05) is 23.5 Å². The van der Waals surface area contributed by atoms with Crippen LogP contribution in [0.2, 0.25) is 0 Å². The molecular formula is C31H31N3O4. The van der Waals surface area contributed by atoms with Crippen molar-refractivity contribution in [1.82, 2.24) is 0 Å². The normalized spacial score (nSPS) is 10.3. The Labute approximate surface area is 223 Å². The zero-order valence-corrected chi connectivity index (χ0v) is 21.3. The van der Waals surface area contributed by atoms with E-state index in [1.807, 2.05) is 85.8 Å². The first kappa shape index (κ1) is 26.3. The number of rotatable bonds is 12. The molecule has 4 aromatic carbocycles. The predicted molar refractivity (Wildman–Crippen MR) is 151 cm³/mol. The quantitative estimate of drug-likeness (QED) is 0.234. The summed E-state index contributed by atoms with van der Waals surface area (Å²) in [5.74, 6) is 0.995. The molecule has 0 radical (unpaired) electrons. The van der Waals surface area contributed by atoms with Gasteiger partial charge in [0.05, 0.1) is 12.2 Å². The largest absolute Gasteiger partial charge is 0.490 e. The van der Waals surface area contributed by atoms with Gasteiger partial charge in [0.2, 0.25) is 5.91 Å². The Morgan fingerprint density at radius 2 is 1.45 bits per heavy atom. The fourth-order valence-electron chi connectivity index (χ4n) is 3.87. The molecule has 0 spiro atoms. The van der Waals surface area contributed by atoms with Crippen molar-refractivity contribution < 1.29 is 19.1 Å². The first-order valence-electron chi connectivity index (χ1n) is 12.5. The van der Waals surface area contributed by atoms with Gasteiger partial charge in [0.1, 0.15) is 24.7 Å². The summed E-state index contributed by atoms with van der Waals surface area (Å²) in [6.07, 6.45) is 0. The van der Waals surface area contributed by atoms with E-state index >= 15 is 0 Å². The number of anilines is 3. The van der Waals surface area contributed by atoms with Crippen molar-refractivity contribution in [3.63, 3.8) is 0 Å². The Hall–Kier alpha value is -4.78. The second-order valence-electron chi connectivity index (χ2n) is 8.37. The Kier molecular flexibility index (Phi) is 9.34. The van der Waals surface area contributed by atoms with Crippen LogP contribution in [0.25, 0.3) is 0 Å². The molecule has 0 saturated heterocycles. The number of carbonyl (C=O) groups excluding carboxylic acids is 2. The van der Waals surface area contributed by atoms with Gasteiger partial charge in [-0.3, -0.25) is 9.59 Å². The van der Waals surface area contributed by atoms with Crippen molar-refractivity contribution in [3.05, 3.63) is 115 Å². The number of para-hydroxylation sites is 4. The second kappa shape index (κ2) is 13.5. The molecule has 2 amide bonds. The third kappa shape index (κ3) is 7.36. The number of ether oxygens (including phenoxy) is 2. The van der Waals surface area contributed by atoms with Gasteiger partial charge in [0.25, 0.3) is 5.91 Å². The Balaban J connectivity index is 1.30. The van der Waals surface area contributed by atoms with Crippen LogP contribution in [-0.4, -0.2) is 38.1 Å². The van der Waals surface area contributed by atoms with Crippen LogP contribution in [0.15, 0.2) is 109 Å². The van der Waals surface area contributed by atoms with Crippen molar-refractivity contribution >= 4 is 28.9 Å². The number of hydrogen-bond donors (Lipinski definition) is 2. The highest BCUT2D eigenvalue weighted by molar-refractivity contribution is 6.06. The van der Waals surface area contributed by atoms with Crippen LogP contribution < -0.4 is 25.0 Å². The number of benzene rings is 4. The predicted octanol–water partition coefficient (Wildman–Crippen LogP) is 5.86. The molecule has 0 fully saturated rings. The monoisotopic (exact) mass is 509 g/mol. The summed E-state index contributed by atoms with van der Waals surface area (Å²) >= 11 is 0. The van der Waals surface area contributed by atoms with Crippen molar-refractivity contribution in [2.75, 3.05) is 41.8 Å². The van der Waals surface area contributed by atoms with Gasteiger partial charge in [0.15, 0.2) is 0 Å². The zero-order chi connectivity index (χ0) is 26.6. The van der Waals surface area contributed by atoms with E-state index in [1.54, 1.807) is 35.2 Å². The topological polar surface area (TPSA) is 79.9 Å². The number of amides is 2. The van der Waals surface area contributed by atoms with Crippen molar-refractivity contribution in [3.8, 4) is 11.5 Å². The van der Waals surface area contributed by atoms with Gasteiger partial charge in [-0.1, -0.05) is 54.6 Å². The van der Waals surface area contributed by atoms with Gasteiger partial charge in [-0.15, -0.1) is 0 Å². The molecule has 0 aromatic heterocycles. The highest BCUT2D eigenvalue weighted by Crippen LogP contribution is 2.24. The average Bonchev–Trinajstić information content (AvgIpc) is 2.96. The maximum atomic E-state index is 13.1. The SMILES string of the molecule is CCN(C(=O)c1cccc(NCC(=O)Nc2ccccc2OCCOc2ccccc2)c1)c1ccccc1. The summed E-state index contributed by atoms with van der Waals surface area (Å²) in [4.78, 5) is 27.5. The summed E-state index contributed by atoms with van der Waals surface area (Å²) in [6, 6.07) is 33.5. The zero-order valence-electron chi connectivity index (χ0n) is 21.3. The van der Waals surface area contributed by atoms with Gasteiger partial charge in [-0.2, -0.15) is 0 Å². The first-order chi connectivity index (χ1) is 18.6. The highest BCUT2D eigenvalue weighted by Gasteiger charge is 2.16. The van der Waals surface area contributed by atoms with Crippen LogP contribution >= 0.6 is 0 Å². The van der Waals surface area contributed by atoms with Crippen LogP contribution in [0.4, 0.5) is 17.1 Å². The molecule has 0 heterocycles. The Morgan fingerprint density at radius 3 is 2.21 bits per heavy atom. The number of nitrogens with one attached hydrogen (secondary N) is 2. The maximum absolute atomic E-state index is 13.1. The van der Waals surface area contributed by atoms with E-state index < -0.39 is 0 Å². The highest BCUT2D eigenvalue weighted by atomic mass is 16.5. The summed E-state index contributed by atoms with van der Waals surface area (Å²) in [6.45, 7) is 3.22. The minimum Gasteiger partial charge on any atom is -0.490 e. The second-order valence-corrected chi connectivity index (χ2v) is 8.37. The summed E-state index contributed by atoms with van der Waals surface area (Å²) in [7, 11) is 0. The number of nitrogens with zero attached hydrogens (tertiary/aromatic N) is 1. The smallest absolute Gasteiger partial charge is 0.258 e. The first-order valence-corrected chi connectivity index (χ1v) is 12.5.